The van der Waals surface area contributed by atoms with Crippen molar-refractivity contribution in [2.24, 2.45) is 0 Å². The quantitative estimate of drug-likeness (QED) is 0.702. The van der Waals surface area contributed by atoms with Crippen LogP contribution in [-0.4, -0.2) is 34.8 Å². The predicted molar refractivity (Wildman–Crippen MR) is 79.8 cm³/mol. The number of nitrogens with two attached hydrogens (primary N) is 1. The third-order valence-corrected chi connectivity index (χ3v) is 4.90. The number of hydrogen-bond donors (Lipinski definition) is 2. The number of aromatic amines is 1. The second-order valence-electron chi connectivity index (χ2n) is 4.36. The number of aromatic nitrogens is 4. The Morgan fingerprint density at radius 2 is 1.90 bits per heavy atom. The summed E-state index contributed by atoms with van der Waals surface area (Å²) in [6.45, 7) is 0. The number of nitrogens with zero attached hydrogens (tertiary/aromatic N) is 3. The van der Waals surface area contributed by atoms with E-state index in [0.717, 1.165) is 10.3 Å². The van der Waals surface area contributed by atoms with Gasteiger partial charge >= 0.3 is 0 Å². The van der Waals surface area contributed by atoms with Gasteiger partial charge in [-0.15, -0.1) is 0 Å². The van der Waals surface area contributed by atoms with Crippen molar-refractivity contribution < 1.29 is 8.42 Å². The number of hydrogen-bond acceptors (Lipinski definition) is 7. The average Bonchev–Trinajstić information content (AvgIpc) is 2.86. The zero-order valence-corrected chi connectivity index (χ0v) is 12.6. The van der Waals surface area contributed by atoms with Gasteiger partial charge in [0.15, 0.2) is 15.5 Å². The van der Waals surface area contributed by atoms with Gasteiger partial charge in [-0.3, -0.25) is 5.10 Å². The molecule has 3 aromatic rings. The van der Waals surface area contributed by atoms with Gasteiger partial charge in [0.25, 0.3) is 0 Å². The summed E-state index contributed by atoms with van der Waals surface area (Å²) < 4.78 is 22.9. The van der Waals surface area contributed by atoms with Gasteiger partial charge in [-0.25, -0.2) is 13.4 Å². The van der Waals surface area contributed by atoms with E-state index in [1.54, 1.807) is 30.5 Å². The maximum absolute atomic E-state index is 11.4. The molecule has 3 rings (SSSR count). The maximum atomic E-state index is 11.4. The highest BCUT2D eigenvalue weighted by Crippen LogP contribution is 2.31. The molecule has 0 aliphatic heterocycles. The van der Waals surface area contributed by atoms with Gasteiger partial charge in [-0.1, -0.05) is 11.8 Å². The number of sulfone groups is 1. The van der Waals surface area contributed by atoms with Crippen LogP contribution in [0.25, 0.3) is 11.0 Å². The van der Waals surface area contributed by atoms with Gasteiger partial charge in [0.2, 0.25) is 5.95 Å². The Hall–Kier alpha value is -2.13. The summed E-state index contributed by atoms with van der Waals surface area (Å²) in [7, 11) is -3.19. The van der Waals surface area contributed by atoms with E-state index < -0.39 is 9.84 Å². The fraction of sp³-hybridized carbons (Fsp3) is 0.0833. The topological polar surface area (TPSA) is 115 Å². The summed E-state index contributed by atoms with van der Waals surface area (Å²) >= 11 is 1.37. The summed E-state index contributed by atoms with van der Waals surface area (Å²) in [5, 5.41) is 8.09. The number of nitrogen functional groups attached to an aromatic ring is 1. The van der Waals surface area contributed by atoms with Crippen LogP contribution in [0.5, 0.6) is 0 Å². The number of fused-ring (bicyclic) bond motifs is 1. The van der Waals surface area contributed by atoms with Crippen molar-refractivity contribution >= 4 is 38.6 Å². The molecule has 2 heterocycles. The molecule has 108 valence electrons. The van der Waals surface area contributed by atoms with E-state index in [0.29, 0.717) is 10.7 Å². The number of benzene rings is 1. The molecule has 21 heavy (non-hydrogen) atoms. The van der Waals surface area contributed by atoms with Gasteiger partial charge in [0.05, 0.1) is 16.5 Å². The Kier molecular flexibility index (Phi) is 3.30. The van der Waals surface area contributed by atoms with E-state index in [1.807, 2.05) is 0 Å². The van der Waals surface area contributed by atoms with Crippen molar-refractivity contribution in [3.8, 4) is 0 Å². The molecule has 0 aliphatic carbocycles. The largest absolute Gasteiger partial charge is 0.368 e. The number of rotatable bonds is 3. The van der Waals surface area contributed by atoms with Crippen LogP contribution in [0.2, 0.25) is 0 Å². The molecular weight excluding hydrogens is 310 g/mol. The summed E-state index contributed by atoms with van der Waals surface area (Å²) in [5.74, 6) is 0.155. The lowest BCUT2D eigenvalue weighted by atomic mass is 10.4. The molecule has 0 amide bonds. The Morgan fingerprint density at radius 3 is 2.57 bits per heavy atom. The van der Waals surface area contributed by atoms with E-state index in [-0.39, 0.29) is 10.8 Å². The van der Waals surface area contributed by atoms with Crippen LogP contribution in [-0.2, 0) is 9.84 Å². The Bertz CT molecular complexity index is 903. The molecule has 0 fully saturated rings. The van der Waals surface area contributed by atoms with Gasteiger partial charge in [-0.05, 0) is 24.3 Å². The first-order valence-corrected chi connectivity index (χ1v) is 8.59. The summed E-state index contributed by atoms with van der Waals surface area (Å²) in [5.41, 5.74) is 6.22. The van der Waals surface area contributed by atoms with Crippen LogP contribution in [0.3, 0.4) is 0 Å². The Balaban J connectivity index is 1.97. The molecule has 0 spiro atoms. The van der Waals surface area contributed by atoms with Crippen LogP contribution in [0, 0.1) is 0 Å². The third kappa shape index (κ3) is 2.83. The molecule has 0 unspecified atom stereocenters. The first-order valence-electron chi connectivity index (χ1n) is 5.88. The highest BCUT2D eigenvalue weighted by molar-refractivity contribution is 7.99. The Labute approximate surface area is 124 Å². The fourth-order valence-electron chi connectivity index (χ4n) is 1.77. The van der Waals surface area contributed by atoms with Gasteiger partial charge in [-0.2, -0.15) is 10.1 Å². The molecular formula is C12H11N5O2S2. The lowest BCUT2D eigenvalue weighted by molar-refractivity contribution is 0.602. The van der Waals surface area contributed by atoms with Gasteiger partial charge < -0.3 is 5.73 Å². The van der Waals surface area contributed by atoms with Crippen LogP contribution < -0.4 is 5.73 Å². The van der Waals surface area contributed by atoms with Gasteiger partial charge in [0, 0.05) is 11.2 Å². The molecule has 0 aliphatic rings. The third-order valence-electron chi connectivity index (χ3n) is 2.76. The first kappa shape index (κ1) is 13.8. The average molecular weight is 321 g/mol. The number of anilines is 1. The van der Waals surface area contributed by atoms with E-state index >= 15 is 0 Å². The van der Waals surface area contributed by atoms with E-state index in [9.17, 15) is 8.42 Å². The molecule has 0 radical (unpaired) electrons. The lowest BCUT2D eigenvalue weighted by Gasteiger charge is -2.04. The minimum atomic E-state index is -3.19. The molecule has 2 aromatic heterocycles. The highest BCUT2D eigenvalue weighted by atomic mass is 32.2. The summed E-state index contributed by atoms with van der Waals surface area (Å²) in [4.78, 5) is 9.36. The fourth-order valence-corrected chi connectivity index (χ4v) is 3.29. The normalized spacial score (nSPS) is 11.9. The zero-order chi connectivity index (χ0) is 15.0. The summed E-state index contributed by atoms with van der Waals surface area (Å²) in [6, 6.07) is 6.58. The molecule has 3 N–H and O–H groups in total. The van der Waals surface area contributed by atoms with Gasteiger partial charge in [0.1, 0.15) is 5.03 Å². The van der Waals surface area contributed by atoms with Crippen molar-refractivity contribution in [3.05, 3.63) is 30.5 Å². The smallest absolute Gasteiger partial charge is 0.223 e. The van der Waals surface area contributed by atoms with Crippen LogP contribution >= 0.6 is 11.8 Å². The lowest BCUT2D eigenvalue weighted by Crippen LogP contribution is -1.97. The monoisotopic (exact) mass is 321 g/mol. The van der Waals surface area contributed by atoms with Crippen molar-refractivity contribution in [2.75, 3.05) is 12.0 Å². The first-order chi connectivity index (χ1) is 9.93. The molecule has 0 atom stereocenters. The summed E-state index contributed by atoms with van der Waals surface area (Å²) in [6.07, 6.45) is 2.80. The molecule has 0 bridgehead atoms. The van der Waals surface area contributed by atoms with Crippen molar-refractivity contribution in [1.82, 2.24) is 20.2 Å². The van der Waals surface area contributed by atoms with E-state index in [1.165, 1.54) is 18.0 Å². The van der Waals surface area contributed by atoms with E-state index in [4.69, 9.17) is 5.73 Å². The van der Waals surface area contributed by atoms with Crippen LogP contribution in [0.4, 0.5) is 5.95 Å². The Morgan fingerprint density at radius 1 is 1.19 bits per heavy atom. The second kappa shape index (κ2) is 5.01. The number of H-pyrrole nitrogens is 1. The maximum Gasteiger partial charge on any atom is 0.223 e. The number of nitrogens with one attached hydrogen (secondary N) is 1. The molecule has 0 saturated heterocycles. The molecule has 0 saturated carbocycles. The van der Waals surface area contributed by atoms with Crippen molar-refractivity contribution in [1.29, 1.82) is 0 Å². The van der Waals surface area contributed by atoms with Crippen molar-refractivity contribution in [2.45, 2.75) is 14.8 Å². The molecule has 9 heteroatoms. The molecule has 7 nitrogen and oxygen atoms in total. The predicted octanol–water partition coefficient (Wildman–Crippen LogP) is 1.49. The minimum Gasteiger partial charge on any atom is -0.368 e. The highest BCUT2D eigenvalue weighted by Gasteiger charge is 2.11. The SMILES string of the molecule is CS(=O)(=O)c1ccc(Sc2nc(N)nc3[nH]ncc23)cc1. The second-order valence-corrected chi connectivity index (χ2v) is 7.44. The standard InChI is InChI=1S/C12H11N5O2S2/c1-21(18,19)8-4-2-7(3-5-8)20-11-9-6-14-17-10(9)15-12(13)16-11/h2-6H,1H3,(H3,13,14,15,16,17). The minimum absolute atomic E-state index is 0.155. The van der Waals surface area contributed by atoms with E-state index in [2.05, 4.69) is 20.2 Å². The van der Waals surface area contributed by atoms with Crippen LogP contribution in [0.15, 0.2) is 45.3 Å². The molecule has 1 aromatic carbocycles. The zero-order valence-electron chi connectivity index (χ0n) is 10.9. The van der Waals surface area contributed by atoms with Crippen LogP contribution in [0.1, 0.15) is 0 Å². The van der Waals surface area contributed by atoms with Crippen molar-refractivity contribution in [3.63, 3.8) is 0 Å².